The number of benzene rings is 1. The number of hydrogen-bond acceptors (Lipinski definition) is 3. The second-order valence-electron chi connectivity index (χ2n) is 7.74. The van der Waals surface area contributed by atoms with Crippen LogP contribution in [0.15, 0.2) is 39.9 Å². The minimum Gasteiger partial charge on any atom is -0.455 e. The Labute approximate surface area is 158 Å². The van der Waals surface area contributed by atoms with Crippen LogP contribution >= 0.6 is 11.6 Å². The molecule has 3 atom stereocenters. The first kappa shape index (κ1) is 17.3. The van der Waals surface area contributed by atoms with Crippen LogP contribution in [-0.4, -0.2) is 12.1 Å². The number of aryl methyl sites for hydroxylation is 1. The first-order valence-electron chi connectivity index (χ1n) is 9.18. The van der Waals surface area contributed by atoms with E-state index in [0.29, 0.717) is 16.7 Å². The van der Waals surface area contributed by atoms with Gasteiger partial charge in [-0.1, -0.05) is 43.5 Å². The molecule has 4 nitrogen and oxygen atoms in total. The molecular formula is C21H23ClN2O2. The molecule has 2 aromatic rings. The van der Waals surface area contributed by atoms with Crippen LogP contribution in [0.4, 0.5) is 0 Å². The van der Waals surface area contributed by atoms with Crippen molar-refractivity contribution in [2.24, 2.45) is 22.4 Å². The van der Waals surface area contributed by atoms with Crippen molar-refractivity contribution in [1.82, 2.24) is 5.43 Å². The van der Waals surface area contributed by atoms with E-state index in [9.17, 15) is 4.79 Å². The number of halogens is 1. The van der Waals surface area contributed by atoms with Crippen LogP contribution in [0.3, 0.4) is 0 Å². The summed E-state index contributed by atoms with van der Waals surface area (Å²) >= 11 is 6.17. The highest BCUT2D eigenvalue weighted by atomic mass is 35.5. The van der Waals surface area contributed by atoms with Crippen LogP contribution in [0.2, 0.25) is 5.02 Å². The zero-order chi connectivity index (χ0) is 18.3. The maximum Gasteiger partial charge on any atom is 0.244 e. The Morgan fingerprint density at radius 3 is 2.92 bits per heavy atom. The standard InChI is InChI=1S/C21H23ClN2O2/c1-13-6-7-14(11-17(13)22)18-9-8-15(26-18)12-23-24-20(25)19-16-5-3-4-10-21(16,19)2/h6-9,11-12,16,19H,3-5,10H2,1-2H3,(H,24,25)/b23-12-/t16-,19+,21+/m1/s1. The van der Waals surface area contributed by atoms with Gasteiger partial charge in [0.25, 0.3) is 0 Å². The number of carbonyl (C=O) groups excluding carboxylic acids is 1. The van der Waals surface area contributed by atoms with Gasteiger partial charge in [0.05, 0.1) is 6.21 Å². The molecule has 0 radical (unpaired) electrons. The van der Waals surface area contributed by atoms with Crippen molar-refractivity contribution in [2.45, 2.75) is 39.5 Å². The summed E-state index contributed by atoms with van der Waals surface area (Å²) in [6.45, 7) is 4.20. The van der Waals surface area contributed by atoms with Gasteiger partial charge >= 0.3 is 0 Å². The second kappa shape index (κ2) is 6.58. The molecule has 0 aliphatic heterocycles. The van der Waals surface area contributed by atoms with Crippen molar-refractivity contribution < 1.29 is 9.21 Å². The molecule has 2 aliphatic rings. The molecule has 1 aromatic heterocycles. The average molecular weight is 371 g/mol. The zero-order valence-electron chi connectivity index (χ0n) is 15.1. The Balaban J connectivity index is 1.38. The topological polar surface area (TPSA) is 54.6 Å². The Morgan fingerprint density at radius 1 is 1.35 bits per heavy atom. The maximum absolute atomic E-state index is 12.4. The summed E-state index contributed by atoms with van der Waals surface area (Å²) in [6, 6.07) is 9.52. The van der Waals surface area contributed by atoms with Crippen LogP contribution in [0.5, 0.6) is 0 Å². The van der Waals surface area contributed by atoms with Crippen molar-refractivity contribution in [1.29, 1.82) is 0 Å². The number of hydrogen-bond donors (Lipinski definition) is 1. The molecule has 26 heavy (non-hydrogen) atoms. The maximum atomic E-state index is 12.4. The van der Waals surface area contributed by atoms with Gasteiger partial charge in [-0.15, -0.1) is 0 Å². The van der Waals surface area contributed by atoms with Gasteiger partial charge in [-0.2, -0.15) is 5.10 Å². The van der Waals surface area contributed by atoms with Gasteiger partial charge in [0, 0.05) is 16.5 Å². The third-order valence-electron chi connectivity index (χ3n) is 6.06. The van der Waals surface area contributed by atoms with Crippen LogP contribution in [-0.2, 0) is 4.79 Å². The lowest BCUT2D eigenvalue weighted by Gasteiger charge is -2.15. The molecule has 5 heteroatoms. The fourth-order valence-corrected chi connectivity index (χ4v) is 4.58. The van der Waals surface area contributed by atoms with E-state index in [2.05, 4.69) is 17.5 Å². The summed E-state index contributed by atoms with van der Waals surface area (Å²) in [5, 5.41) is 4.80. The van der Waals surface area contributed by atoms with Gasteiger partial charge < -0.3 is 4.42 Å². The van der Waals surface area contributed by atoms with E-state index < -0.39 is 0 Å². The van der Waals surface area contributed by atoms with Crippen LogP contribution in [0.25, 0.3) is 11.3 Å². The third kappa shape index (κ3) is 3.07. The highest BCUT2D eigenvalue weighted by molar-refractivity contribution is 6.31. The summed E-state index contributed by atoms with van der Waals surface area (Å²) in [5.74, 6) is 2.00. The first-order chi connectivity index (χ1) is 12.5. The lowest BCUT2D eigenvalue weighted by molar-refractivity contribution is -0.123. The van der Waals surface area contributed by atoms with Crippen molar-refractivity contribution in [3.63, 3.8) is 0 Å². The summed E-state index contributed by atoms with van der Waals surface area (Å²) in [4.78, 5) is 12.4. The third-order valence-corrected chi connectivity index (χ3v) is 6.47. The summed E-state index contributed by atoms with van der Waals surface area (Å²) < 4.78 is 5.78. The molecule has 4 rings (SSSR count). The first-order valence-corrected chi connectivity index (χ1v) is 9.56. The molecule has 1 heterocycles. The van der Waals surface area contributed by atoms with Crippen molar-refractivity contribution in [3.8, 4) is 11.3 Å². The summed E-state index contributed by atoms with van der Waals surface area (Å²) in [5.41, 5.74) is 4.83. The molecule has 0 unspecified atom stereocenters. The lowest BCUT2D eigenvalue weighted by atomic mass is 9.90. The fourth-order valence-electron chi connectivity index (χ4n) is 4.40. The fraction of sp³-hybridized carbons (Fsp3) is 0.429. The van der Waals surface area contributed by atoms with Crippen LogP contribution in [0.1, 0.15) is 43.9 Å². The summed E-state index contributed by atoms with van der Waals surface area (Å²) in [6.07, 6.45) is 6.34. The molecule has 1 amide bonds. The highest BCUT2D eigenvalue weighted by Crippen LogP contribution is 2.66. The highest BCUT2D eigenvalue weighted by Gasteiger charge is 2.64. The Hall–Kier alpha value is -2.07. The number of amides is 1. The van der Waals surface area contributed by atoms with Gasteiger partial charge in [0.1, 0.15) is 11.5 Å². The van der Waals surface area contributed by atoms with Crippen molar-refractivity contribution >= 4 is 23.7 Å². The number of rotatable bonds is 4. The van der Waals surface area contributed by atoms with E-state index in [4.69, 9.17) is 16.0 Å². The van der Waals surface area contributed by atoms with Crippen LogP contribution < -0.4 is 5.43 Å². The average Bonchev–Trinajstić information content (AvgIpc) is 2.98. The Bertz CT molecular complexity index is 873. The van der Waals surface area contributed by atoms with Crippen LogP contribution in [0, 0.1) is 24.2 Å². The molecule has 136 valence electrons. The molecule has 1 aromatic carbocycles. The van der Waals surface area contributed by atoms with Gasteiger partial charge in [-0.25, -0.2) is 5.43 Å². The minimum absolute atomic E-state index is 0.0349. The number of furan rings is 1. The van der Waals surface area contributed by atoms with E-state index in [-0.39, 0.29) is 17.2 Å². The van der Waals surface area contributed by atoms with Gasteiger partial charge in [0.2, 0.25) is 5.91 Å². The monoisotopic (exact) mass is 370 g/mol. The Morgan fingerprint density at radius 2 is 2.19 bits per heavy atom. The minimum atomic E-state index is 0.0349. The van der Waals surface area contributed by atoms with E-state index in [1.807, 2.05) is 37.3 Å². The molecule has 2 saturated carbocycles. The predicted molar refractivity (Wildman–Crippen MR) is 103 cm³/mol. The number of carbonyl (C=O) groups is 1. The van der Waals surface area contributed by atoms with Gasteiger partial charge in [0.15, 0.2) is 0 Å². The van der Waals surface area contributed by atoms with Gasteiger partial charge in [-0.05, 0) is 54.9 Å². The molecule has 2 aliphatic carbocycles. The van der Waals surface area contributed by atoms with Crippen molar-refractivity contribution in [3.05, 3.63) is 46.7 Å². The molecule has 0 saturated heterocycles. The number of fused-ring (bicyclic) bond motifs is 1. The number of nitrogens with one attached hydrogen (secondary N) is 1. The van der Waals surface area contributed by atoms with Crippen molar-refractivity contribution in [2.75, 3.05) is 0 Å². The molecule has 1 N–H and O–H groups in total. The van der Waals surface area contributed by atoms with E-state index in [1.54, 1.807) is 6.21 Å². The second-order valence-corrected chi connectivity index (χ2v) is 8.14. The van der Waals surface area contributed by atoms with Gasteiger partial charge in [-0.3, -0.25) is 4.79 Å². The quantitative estimate of drug-likeness (QED) is 0.595. The predicted octanol–water partition coefficient (Wildman–Crippen LogP) is 5.18. The zero-order valence-corrected chi connectivity index (χ0v) is 15.8. The summed E-state index contributed by atoms with van der Waals surface area (Å²) in [7, 11) is 0. The molecule has 0 bridgehead atoms. The smallest absolute Gasteiger partial charge is 0.244 e. The van der Waals surface area contributed by atoms with E-state index >= 15 is 0 Å². The molecule has 2 fully saturated rings. The lowest BCUT2D eigenvalue weighted by Crippen LogP contribution is -2.22. The largest absolute Gasteiger partial charge is 0.455 e. The normalized spacial score (nSPS) is 27.3. The molecule has 0 spiro atoms. The molecular weight excluding hydrogens is 348 g/mol. The Kier molecular flexibility index (Phi) is 4.39. The number of nitrogens with zero attached hydrogens (tertiary/aromatic N) is 1. The van der Waals surface area contributed by atoms with E-state index in [0.717, 1.165) is 23.3 Å². The van der Waals surface area contributed by atoms with E-state index in [1.165, 1.54) is 19.3 Å². The SMILES string of the molecule is Cc1ccc(-c2ccc(/C=N\NC(=O)[C@@H]3[C@H]4CCCC[C@@]43C)o2)cc1Cl. The number of hydrazone groups is 1.